The lowest BCUT2D eigenvalue weighted by molar-refractivity contribution is 0.621. The Morgan fingerprint density at radius 2 is 2.00 bits per heavy atom. The number of nitrogens with zero attached hydrogens (tertiary/aromatic N) is 1. The van der Waals surface area contributed by atoms with E-state index in [-0.39, 0.29) is 5.82 Å². The molecule has 3 N–H and O–H groups in total. The molecule has 0 saturated carbocycles. The van der Waals surface area contributed by atoms with Crippen molar-refractivity contribution in [2.24, 2.45) is 0 Å². The summed E-state index contributed by atoms with van der Waals surface area (Å²) >= 11 is 7.74. The largest absolute Gasteiger partial charge is 0.397 e. The molecule has 0 aromatic heterocycles. The minimum atomic E-state index is -0.377. The number of anilines is 3. The summed E-state index contributed by atoms with van der Waals surface area (Å²) in [5.74, 6) is -0.377. The van der Waals surface area contributed by atoms with Crippen molar-refractivity contribution in [3.8, 4) is 6.07 Å². The van der Waals surface area contributed by atoms with Crippen LogP contribution >= 0.6 is 34.2 Å². The molecule has 6 heteroatoms. The van der Waals surface area contributed by atoms with Gasteiger partial charge in [0.2, 0.25) is 0 Å². The molecular formula is C13H8ClFIN3. The Balaban J connectivity index is 2.45. The molecule has 0 aliphatic carbocycles. The van der Waals surface area contributed by atoms with E-state index in [1.165, 1.54) is 12.1 Å². The maximum absolute atomic E-state index is 13.5. The average Bonchev–Trinajstić information content (AvgIpc) is 2.36. The summed E-state index contributed by atoms with van der Waals surface area (Å²) in [5, 5.41) is 12.4. The molecule has 0 amide bonds. The quantitative estimate of drug-likeness (QED) is 0.597. The molecule has 2 aromatic rings. The Labute approximate surface area is 128 Å². The van der Waals surface area contributed by atoms with Gasteiger partial charge in [-0.15, -0.1) is 0 Å². The topological polar surface area (TPSA) is 61.8 Å². The number of nitrogens with one attached hydrogen (secondary N) is 1. The summed E-state index contributed by atoms with van der Waals surface area (Å²) in [6, 6.07) is 9.64. The van der Waals surface area contributed by atoms with Crippen molar-refractivity contribution in [1.29, 1.82) is 5.26 Å². The second kappa shape index (κ2) is 5.63. The van der Waals surface area contributed by atoms with Gasteiger partial charge in [-0.25, -0.2) is 4.39 Å². The zero-order valence-corrected chi connectivity index (χ0v) is 12.5. The molecule has 3 nitrogen and oxygen atoms in total. The first-order valence-corrected chi connectivity index (χ1v) is 6.68. The van der Waals surface area contributed by atoms with Crippen LogP contribution in [0.1, 0.15) is 5.56 Å². The average molecular weight is 388 g/mol. The van der Waals surface area contributed by atoms with Crippen LogP contribution in [-0.2, 0) is 0 Å². The first kappa shape index (κ1) is 13.9. The number of nitriles is 1. The van der Waals surface area contributed by atoms with E-state index < -0.39 is 0 Å². The van der Waals surface area contributed by atoms with E-state index in [4.69, 9.17) is 22.6 Å². The van der Waals surface area contributed by atoms with Crippen LogP contribution in [0.2, 0.25) is 5.02 Å². The normalized spacial score (nSPS) is 10.0. The summed E-state index contributed by atoms with van der Waals surface area (Å²) in [4.78, 5) is 0. The predicted molar refractivity (Wildman–Crippen MR) is 83.0 cm³/mol. The summed E-state index contributed by atoms with van der Waals surface area (Å²) in [6.07, 6.45) is 0. The molecule has 0 atom stereocenters. The van der Waals surface area contributed by atoms with Crippen molar-refractivity contribution in [3.63, 3.8) is 0 Å². The van der Waals surface area contributed by atoms with Gasteiger partial charge >= 0.3 is 0 Å². The van der Waals surface area contributed by atoms with Gasteiger partial charge in [0.15, 0.2) is 0 Å². The summed E-state index contributed by atoms with van der Waals surface area (Å²) in [6.45, 7) is 0. The van der Waals surface area contributed by atoms with E-state index in [1.807, 2.05) is 28.7 Å². The molecule has 0 fully saturated rings. The Kier molecular flexibility index (Phi) is 4.12. The number of hydrogen-bond acceptors (Lipinski definition) is 3. The van der Waals surface area contributed by atoms with Crippen LogP contribution in [0.3, 0.4) is 0 Å². The van der Waals surface area contributed by atoms with E-state index in [9.17, 15) is 4.39 Å². The third-order valence-electron chi connectivity index (χ3n) is 2.46. The second-order valence-corrected chi connectivity index (χ2v) is 5.38. The van der Waals surface area contributed by atoms with E-state index in [1.54, 1.807) is 18.2 Å². The van der Waals surface area contributed by atoms with Gasteiger partial charge in [0.25, 0.3) is 0 Å². The first-order chi connectivity index (χ1) is 9.01. The molecule has 0 aliphatic rings. The van der Waals surface area contributed by atoms with E-state index in [2.05, 4.69) is 5.32 Å². The highest BCUT2D eigenvalue weighted by Gasteiger charge is 2.09. The van der Waals surface area contributed by atoms with Gasteiger partial charge in [0.05, 0.1) is 26.2 Å². The maximum Gasteiger partial charge on any atom is 0.138 e. The van der Waals surface area contributed by atoms with Crippen molar-refractivity contribution >= 4 is 51.3 Å². The van der Waals surface area contributed by atoms with Gasteiger partial charge in [-0.2, -0.15) is 5.26 Å². The molecule has 2 rings (SSSR count). The minimum absolute atomic E-state index is 0.377. The van der Waals surface area contributed by atoms with Crippen LogP contribution in [0, 0.1) is 20.7 Å². The monoisotopic (exact) mass is 387 g/mol. The standard InChI is InChI=1S/C13H8ClFIN3/c14-8-2-1-7(6-17)12(3-8)19-13-4-9(15)10(16)5-11(13)18/h1-5,19H,18H2. The van der Waals surface area contributed by atoms with Crippen molar-refractivity contribution in [1.82, 2.24) is 0 Å². The Morgan fingerprint density at radius 1 is 1.26 bits per heavy atom. The molecule has 0 bridgehead atoms. The van der Waals surface area contributed by atoms with Crippen LogP contribution < -0.4 is 11.1 Å². The van der Waals surface area contributed by atoms with Crippen molar-refractivity contribution < 1.29 is 4.39 Å². The highest BCUT2D eigenvalue weighted by atomic mass is 127. The molecule has 0 heterocycles. The molecule has 0 radical (unpaired) electrons. The predicted octanol–water partition coefficient (Wildman–Crippen LogP) is 4.28. The van der Waals surface area contributed by atoms with Crippen LogP contribution in [0.25, 0.3) is 0 Å². The Bertz CT molecular complexity index is 682. The number of hydrogen-bond donors (Lipinski definition) is 2. The molecule has 19 heavy (non-hydrogen) atoms. The number of benzene rings is 2. The molecule has 2 aromatic carbocycles. The zero-order chi connectivity index (χ0) is 14.0. The van der Waals surface area contributed by atoms with E-state index in [0.29, 0.717) is 31.2 Å². The number of nitrogens with two attached hydrogens (primary N) is 1. The van der Waals surface area contributed by atoms with Crippen LogP contribution in [0.4, 0.5) is 21.5 Å². The van der Waals surface area contributed by atoms with Crippen molar-refractivity contribution in [2.75, 3.05) is 11.1 Å². The fourth-order valence-corrected chi connectivity index (χ4v) is 2.20. The first-order valence-electron chi connectivity index (χ1n) is 5.22. The van der Waals surface area contributed by atoms with Gasteiger partial charge in [-0.1, -0.05) is 11.6 Å². The Hall–Kier alpha value is -1.52. The van der Waals surface area contributed by atoms with Gasteiger partial charge in [-0.3, -0.25) is 0 Å². The number of halogens is 3. The maximum atomic E-state index is 13.5. The molecular weight excluding hydrogens is 380 g/mol. The third kappa shape index (κ3) is 3.08. The number of nitrogen functional groups attached to an aromatic ring is 1. The fraction of sp³-hybridized carbons (Fsp3) is 0. The van der Waals surface area contributed by atoms with Gasteiger partial charge < -0.3 is 11.1 Å². The minimum Gasteiger partial charge on any atom is -0.397 e. The summed E-state index contributed by atoms with van der Waals surface area (Å²) in [7, 11) is 0. The number of rotatable bonds is 2. The highest BCUT2D eigenvalue weighted by Crippen LogP contribution is 2.29. The molecule has 0 unspecified atom stereocenters. The smallest absolute Gasteiger partial charge is 0.138 e. The van der Waals surface area contributed by atoms with Gasteiger partial charge in [0.1, 0.15) is 11.9 Å². The van der Waals surface area contributed by atoms with Crippen molar-refractivity contribution in [2.45, 2.75) is 0 Å². The van der Waals surface area contributed by atoms with Crippen molar-refractivity contribution in [3.05, 3.63) is 50.3 Å². The van der Waals surface area contributed by atoms with E-state index >= 15 is 0 Å². The lowest BCUT2D eigenvalue weighted by Crippen LogP contribution is -2.00. The molecule has 0 spiro atoms. The summed E-state index contributed by atoms with van der Waals surface area (Å²) < 4.78 is 14.0. The molecule has 0 saturated heterocycles. The van der Waals surface area contributed by atoms with E-state index in [0.717, 1.165) is 0 Å². The Morgan fingerprint density at radius 3 is 2.68 bits per heavy atom. The lowest BCUT2D eigenvalue weighted by atomic mass is 10.1. The SMILES string of the molecule is N#Cc1ccc(Cl)cc1Nc1cc(F)c(I)cc1N. The fourth-order valence-electron chi connectivity index (χ4n) is 1.53. The highest BCUT2D eigenvalue weighted by molar-refractivity contribution is 14.1. The molecule has 0 aliphatic heterocycles. The van der Waals surface area contributed by atoms with Crippen LogP contribution in [-0.4, -0.2) is 0 Å². The van der Waals surface area contributed by atoms with Gasteiger partial charge in [-0.05, 0) is 46.9 Å². The molecule has 96 valence electrons. The van der Waals surface area contributed by atoms with Gasteiger partial charge in [0, 0.05) is 11.1 Å². The summed E-state index contributed by atoms with van der Waals surface area (Å²) in [5.41, 5.74) is 7.51. The van der Waals surface area contributed by atoms with Crippen LogP contribution in [0.15, 0.2) is 30.3 Å². The zero-order valence-electron chi connectivity index (χ0n) is 9.55. The third-order valence-corrected chi connectivity index (χ3v) is 3.53. The van der Waals surface area contributed by atoms with Crippen LogP contribution in [0.5, 0.6) is 0 Å². The lowest BCUT2D eigenvalue weighted by Gasteiger charge is -2.12. The second-order valence-electron chi connectivity index (χ2n) is 3.78.